The van der Waals surface area contributed by atoms with Crippen LogP contribution < -0.4 is 10.2 Å². The molecule has 0 saturated carbocycles. The van der Waals surface area contributed by atoms with Crippen molar-refractivity contribution in [2.24, 2.45) is 0 Å². The van der Waals surface area contributed by atoms with Gasteiger partial charge in [0.2, 0.25) is 5.91 Å². The lowest BCUT2D eigenvalue weighted by Gasteiger charge is -2.28. The molecule has 4 aromatic rings. The number of anilines is 2. The van der Waals surface area contributed by atoms with E-state index in [0.29, 0.717) is 25.4 Å². The third kappa shape index (κ3) is 6.15. The summed E-state index contributed by atoms with van der Waals surface area (Å²) in [6, 6.07) is 21.4. The maximum Gasteiger partial charge on any atom is 0.294 e. The zero-order valence-electron chi connectivity index (χ0n) is 23.0. The molecular weight excluding hydrogens is 570 g/mol. The summed E-state index contributed by atoms with van der Waals surface area (Å²) in [6.45, 7) is 3.03. The largest absolute Gasteiger partial charge is 0.378 e. The summed E-state index contributed by atoms with van der Waals surface area (Å²) in [5.74, 6) is -0.998. The molecule has 3 aromatic carbocycles. The predicted molar refractivity (Wildman–Crippen MR) is 165 cm³/mol. The Balaban J connectivity index is 1.15. The number of thioether (sulfide) groups is 1. The number of para-hydroxylation sites is 1. The van der Waals surface area contributed by atoms with Gasteiger partial charge in [0.15, 0.2) is 0 Å². The van der Waals surface area contributed by atoms with Crippen LogP contribution in [0.2, 0.25) is 0 Å². The maximum absolute atomic E-state index is 13.2. The summed E-state index contributed by atoms with van der Waals surface area (Å²) >= 11 is 0.798. The van der Waals surface area contributed by atoms with E-state index >= 15 is 0 Å². The van der Waals surface area contributed by atoms with Crippen LogP contribution in [-0.4, -0.2) is 64.3 Å². The Morgan fingerprint density at radius 3 is 2.44 bits per heavy atom. The normalized spacial score (nSPS) is 16.3. The number of nitro benzene ring substituents is 1. The molecule has 11 nitrogen and oxygen atoms in total. The number of rotatable bonds is 8. The van der Waals surface area contributed by atoms with Crippen LogP contribution in [0.15, 0.2) is 83.9 Å². The Morgan fingerprint density at radius 2 is 1.72 bits per heavy atom. The van der Waals surface area contributed by atoms with Gasteiger partial charge in [-0.2, -0.15) is 0 Å². The fraction of sp³-hybridized carbons (Fsp3) is 0.194. The molecule has 0 unspecified atom stereocenters. The van der Waals surface area contributed by atoms with E-state index in [4.69, 9.17) is 4.74 Å². The van der Waals surface area contributed by atoms with E-state index < -0.39 is 28.5 Å². The highest BCUT2D eigenvalue weighted by atomic mass is 32.2. The van der Waals surface area contributed by atoms with Crippen molar-refractivity contribution >= 4 is 62.9 Å². The second-order valence-corrected chi connectivity index (χ2v) is 11.1. The van der Waals surface area contributed by atoms with Gasteiger partial charge in [-0.05, 0) is 53.7 Å². The number of benzene rings is 3. The zero-order valence-corrected chi connectivity index (χ0v) is 23.8. The first kappa shape index (κ1) is 28.2. The molecule has 218 valence electrons. The molecule has 0 bridgehead atoms. The Bertz CT molecular complexity index is 1740. The highest BCUT2D eigenvalue weighted by molar-refractivity contribution is 8.18. The molecule has 6 rings (SSSR count). The number of nitrogens with one attached hydrogen (secondary N) is 1. The third-order valence-corrected chi connectivity index (χ3v) is 8.22. The molecule has 0 radical (unpaired) electrons. The number of carbonyl (C=O) groups is 3. The number of hydrogen-bond donors (Lipinski definition) is 1. The third-order valence-electron chi connectivity index (χ3n) is 7.31. The van der Waals surface area contributed by atoms with Crippen LogP contribution in [0.4, 0.5) is 21.9 Å². The minimum absolute atomic E-state index is 0.0212. The molecule has 2 aliphatic rings. The highest BCUT2D eigenvalue weighted by Crippen LogP contribution is 2.34. The number of carbonyl (C=O) groups excluding carboxylic acids is 3. The van der Waals surface area contributed by atoms with Crippen LogP contribution in [0, 0.1) is 10.1 Å². The molecule has 43 heavy (non-hydrogen) atoms. The SMILES string of the molecule is O=C(CN1C(=O)S/C(=C\c2cn(Cc3ccc([N+](=O)[O-])cc3)c3ccccc23)C1=O)Nc1ccc(N2CCOCC2)cc1. The summed E-state index contributed by atoms with van der Waals surface area (Å²) in [7, 11) is 0. The fourth-order valence-corrected chi connectivity index (χ4v) is 5.97. The van der Waals surface area contributed by atoms with E-state index in [1.54, 1.807) is 30.3 Å². The standard InChI is InChI=1S/C31H27N5O6S/c37-29(32-23-7-11-24(12-8-23)33-13-15-42-16-14-33)20-35-30(38)28(43-31(35)39)17-22-19-34(27-4-2-1-3-26(22)27)18-21-5-9-25(10-6-21)36(40)41/h1-12,17,19H,13-16,18,20H2,(H,32,37)/b28-17-. The molecule has 0 spiro atoms. The molecule has 3 heterocycles. The van der Waals surface area contributed by atoms with Crippen LogP contribution in [0.25, 0.3) is 17.0 Å². The van der Waals surface area contributed by atoms with E-state index in [0.717, 1.165) is 57.5 Å². The van der Waals surface area contributed by atoms with Crippen molar-refractivity contribution in [2.75, 3.05) is 43.1 Å². The molecular formula is C31H27N5O6S. The van der Waals surface area contributed by atoms with Crippen molar-refractivity contribution in [2.45, 2.75) is 6.54 Å². The van der Waals surface area contributed by atoms with Gasteiger partial charge in [-0.1, -0.05) is 30.3 Å². The van der Waals surface area contributed by atoms with E-state index in [-0.39, 0.29) is 10.6 Å². The number of morpholine rings is 1. The van der Waals surface area contributed by atoms with Gasteiger partial charge < -0.3 is 19.5 Å². The smallest absolute Gasteiger partial charge is 0.294 e. The van der Waals surface area contributed by atoms with Crippen molar-refractivity contribution in [3.63, 3.8) is 0 Å². The van der Waals surface area contributed by atoms with Crippen molar-refractivity contribution in [3.05, 3.63) is 105 Å². The summed E-state index contributed by atoms with van der Waals surface area (Å²) in [4.78, 5) is 52.7. The van der Waals surface area contributed by atoms with Crippen LogP contribution in [-0.2, 0) is 20.9 Å². The van der Waals surface area contributed by atoms with Gasteiger partial charge in [-0.25, -0.2) is 0 Å². The van der Waals surface area contributed by atoms with Crippen LogP contribution in [0.1, 0.15) is 11.1 Å². The minimum atomic E-state index is -0.528. The summed E-state index contributed by atoms with van der Waals surface area (Å²) < 4.78 is 7.38. The molecule has 12 heteroatoms. The lowest BCUT2D eigenvalue weighted by Crippen LogP contribution is -2.36. The predicted octanol–water partition coefficient (Wildman–Crippen LogP) is 5.11. The lowest BCUT2D eigenvalue weighted by atomic mass is 10.1. The van der Waals surface area contributed by atoms with Crippen LogP contribution in [0.5, 0.6) is 0 Å². The summed E-state index contributed by atoms with van der Waals surface area (Å²) in [5, 5.41) is 14.1. The first-order valence-corrected chi connectivity index (χ1v) is 14.5. The van der Waals surface area contributed by atoms with Gasteiger partial charge in [0.05, 0.1) is 23.0 Å². The van der Waals surface area contributed by atoms with Gasteiger partial charge in [0.1, 0.15) is 6.54 Å². The van der Waals surface area contributed by atoms with Crippen LogP contribution in [0.3, 0.4) is 0 Å². The number of fused-ring (bicyclic) bond motifs is 1. The quantitative estimate of drug-likeness (QED) is 0.169. The molecule has 0 aliphatic carbocycles. The number of aromatic nitrogens is 1. The minimum Gasteiger partial charge on any atom is -0.378 e. The molecule has 1 N–H and O–H groups in total. The van der Waals surface area contributed by atoms with Gasteiger partial charge in [-0.3, -0.25) is 29.4 Å². The second-order valence-electron chi connectivity index (χ2n) is 10.1. The Labute approximate surface area is 250 Å². The summed E-state index contributed by atoms with van der Waals surface area (Å²) in [5.41, 5.74) is 4.16. The van der Waals surface area contributed by atoms with Crippen molar-refractivity contribution in [3.8, 4) is 0 Å². The fourth-order valence-electron chi connectivity index (χ4n) is 5.14. The van der Waals surface area contributed by atoms with Crippen LogP contribution >= 0.6 is 11.8 Å². The van der Waals surface area contributed by atoms with E-state index in [1.165, 1.54) is 12.1 Å². The first-order valence-electron chi connectivity index (χ1n) is 13.6. The molecule has 1 aromatic heterocycles. The van der Waals surface area contributed by atoms with Gasteiger partial charge in [-0.15, -0.1) is 0 Å². The van der Waals surface area contributed by atoms with E-state index in [9.17, 15) is 24.5 Å². The number of nitrogens with zero attached hydrogens (tertiary/aromatic N) is 4. The van der Waals surface area contributed by atoms with Gasteiger partial charge in [0.25, 0.3) is 16.8 Å². The average Bonchev–Trinajstić information content (AvgIpc) is 3.49. The number of ether oxygens (including phenoxy) is 1. The number of amides is 3. The monoisotopic (exact) mass is 597 g/mol. The van der Waals surface area contributed by atoms with Crippen molar-refractivity contribution in [1.82, 2.24) is 9.47 Å². The van der Waals surface area contributed by atoms with Crippen molar-refractivity contribution in [1.29, 1.82) is 0 Å². The number of nitro groups is 1. The molecule has 2 aliphatic heterocycles. The molecule has 2 saturated heterocycles. The van der Waals surface area contributed by atoms with E-state index in [1.807, 2.05) is 47.2 Å². The highest BCUT2D eigenvalue weighted by Gasteiger charge is 2.36. The molecule has 3 amide bonds. The van der Waals surface area contributed by atoms with Gasteiger partial charge in [0, 0.05) is 65.8 Å². The first-order chi connectivity index (χ1) is 20.9. The van der Waals surface area contributed by atoms with Crippen molar-refractivity contribution < 1.29 is 24.0 Å². The second kappa shape index (κ2) is 12.1. The van der Waals surface area contributed by atoms with Gasteiger partial charge >= 0.3 is 0 Å². The van der Waals surface area contributed by atoms with E-state index in [2.05, 4.69) is 10.2 Å². The Kier molecular flexibility index (Phi) is 7.95. The topological polar surface area (TPSA) is 127 Å². The Morgan fingerprint density at radius 1 is 1.00 bits per heavy atom. The Hall–Kier alpha value is -4.94. The molecule has 2 fully saturated rings. The molecule has 0 atom stereocenters. The number of hydrogen-bond acceptors (Lipinski definition) is 8. The number of non-ortho nitro benzene ring substituents is 1. The zero-order chi connectivity index (χ0) is 29.9. The lowest BCUT2D eigenvalue weighted by molar-refractivity contribution is -0.384. The average molecular weight is 598 g/mol. The number of imide groups is 1. The maximum atomic E-state index is 13.2. The summed E-state index contributed by atoms with van der Waals surface area (Å²) in [6.07, 6.45) is 3.55.